The van der Waals surface area contributed by atoms with Gasteiger partial charge in [0, 0.05) is 35.6 Å². The molecule has 3 heterocycles. The van der Waals surface area contributed by atoms with Crippen LogP contribution in [0.25, 0.3) is 23.0 Å². The smallest absolute Gasteiger partial charge is 0.233 e. The van der Waals surface area contributed by atoms with Gasteiger partial charge < -0.3 is 5.32 Å². The third-order valence-corrected chi connectivity index (χ3v) is 6.09. The second-order valence-corrected chi connectivity index (χ2v) is 7.83. The Bertz CT molecular complexity index is 1270. The molecular weight excluding hydrogens is 363 g/mol. The van der Waals surface area contributed by atoms with Crippen LogP contribution in [-0.2, 0) is 5.41 Å². The number of rotatable bonds is 3. The molecule has 1 saturated carbocycles. The molecule has 1 aliphatic heterocycles. The number of imidazole rings is 1. The van der Waals surface area contributed by atoms with Crippen molar-refractivity contribution in [3.63, 3.8) is 0 Å². The van der Waals surface area contributed by atoms with Crippen molar-refractivity contribution in [1.82, 2.24) is 14.4 Å². The highest BCUT2D eigenvalue weighted by Crippen LogP contribution is 2.54. The van der Waals surface area contributed by atoms with Crippen molar-refractivity contribution in [1.29, 1.82) is 0 Å². The van der Waals surface area contributed by atoms with Crippen LogP contribution in [0.2, 0.25) is 0 Å². The maximum Gasteiger partial charge on any atom is 0.233 e. The van der Waals surface area contributed by atoms with Crippen LogP contribution in [0, 0.1) is 5.82 Å². The highest BCUT2D eigenvalue weighted by molar-refractivity contribution is 5.71. The largest absolute Gasteiger partial charge is 0.381 e. The van der Waals surface area contributed by atoms with Crippen molar-refractivity contribution in [2.45, 2.75) is 18.3 Å². The summed E-state index contributed by atoms with van der Waals surface area (Å²) in [5, 5.41) is 3.41. The van der Waals surface area contributed by atoms with Crippen LogP contribution in [0.1, 0.15) is 29.7 Å². The van der Waals surface area contributed by atoms with Crippen molar-refractivity contribution in [2.75, 3.05) is 11.9 Å². The Kier molecular flexibility index (Phi) is 3.42. The number of nitrogens with zero attached hydrogens (tertiary/aromatic N) is 3. The summed E-state index contributed by atoms with van der Waals surface area (Å²) in [5.41, 5.74) is 6.77. The van der Waals surface area contributed by atoms with E-state index in [-0.39, 0.29) is 11.2 Å². The van der Waals surface area contributed by atoms with Crippen molar-refractivity contribution < 1.29 is 4.39 Å². The van der Waals surface area contributed by atoms with E-state index in [0.717, 1.165) is 36.2 Å². The number of aromatic nitrogens is 3. The zero-order valence-electron chi connectivity index (χ0n) is 15.8. The van der Waals surface area contributed by atoms with Gasteiger partial charge in [-0.3, -0.25) is 4.40 Å². The standard InChI is InChI=1S/C24H19FN4/c25-20-6-3-16(4-7-20)18-13-27-23-28-14-22(29(23)15-18)24(9-10-24)19-5-8-21-17(12-19)2-1-11-26-21/h1-8,12-15,26H,9-11H2. The lowest BCUT2D eigenvalue weighted by molar-refractivity contribution is 0.628. The molecule has 4 aromatic rings. The average Bonchev–Trinajstić information content (AvgIpc) is 3.46. The summed E-state index contributed by atoms with van der Waals surface area (Å²) < 4.78 is 15.4. The second-order valence-electron chi connectivity index (χ2n) is 7.83. The maximum atomic E-state index is 13.3. The zero-order valence-corrected chi connectivity index (χ0v) is 15.8. The predicted octanol–water partition coefficient (Wildman–Crippen LogP) is 5.05. The Morgan fingerprint density at radius 1 is 0.966 bits per heavy atom. The Labute approximate surface area is 167 Å². The molecule has 0 atom stereocenters. The predicted molar refractivity (Wildman–Crippen MR) is 112 cm³/mol. The van der Waals surface area contributed by atoms with Crippen LogP contribution in [-0.4, -0.2) is 20.9 Å². The number of benzene rings is 2. The van der Waals surface area contributed by atoms with Gasteiger partial charge in [0.2, 0.25) is 5.78 Å². The number of hydrogen-bond acceptors (Lipinski definition) is 3. The Balaban J connectivity index is 1.47. The van der Waals surface area contributed by atoms with E-state index in [9.17, 15) is 4.39 Å². The van der Waals surface area contributed by atoms with Gasteiger partial charge >= 0.3 is 0 Å². The molecular formula is C24H19FN4. The molecule has 0 spiro atoms. The third kappa shape index (κ3) is 2.58. The summed E-state index contributed by atoms with van der Waals surface area (Å²) >= 11 is 0. The molecule has 6 rings (SSSR count). The topological polar surface area (TPSA) is 42.2 Å². The number of nitrogens with one attached hydrogen (secondary N) is 1. The molecule has 0 amide bonds. The molecule has 2 aromatic heterocycles. The van der Waals surface area contributed by atoms with Crippen LogP contribution in [0.3, 0.4) is 0 Å². The van der Waals surface area contributed by atoms with Gasteiger partial charge in [0.1, 0.15) is 5.82 Å². The van der Waals surface area contributed by atoms with Crippen LogP contribution in [0.5, 0.6) is 0 Å². The highest BCUT2D eigenvalue weighted by Gasteiger charge is 2.48. The first-order valence-corrected chi connectivity index (χ1v) is 9.87. The Hall–Kier alpha value is -3.47. The second kappa shape index (κ2) is 6.01. The SMILES string of the molecule is Fc1ccc(-c2cnc3ncc(C4(c5ccc6c(c5)C=CCN6)CC4)n3c2)cc1. The lowest BCUT2D eigenvalue weighted by Crippen LogP contribution is -2.13. The molecule has 0 radical (unpaired) electrons. The minimum atomic E-state index is -0.237. The summed E-state index contributed by atoms with van der Waals surface area (Å²) in [5.74, 6) is 0.454. The van der Waals surface area contributed by atoms with E-state index in [1.54, 1.807) is 18.3 Å². The monoisotopic (exact) mass is 382 g/mol. The quantitative estimate of drug-likeness (QED) is 0.539. The minimum Gasteiger partial charge on any atom is -0.381 e. The maximum absolute atomic E-state index is 13.3. The average molecular weight is 382 g/mol. The molecule has 5 heteroatoms. The van der Waals surface area contributed by atoms with Gasteiger partial charge in [-0.1, -0.05) is 30.4 Å². The lowest BCUT2D eigenvalue weighted by Gasteiger charge is -2.20. The Morgan fingerprint density at radius 3 is 2.62 bits per heavy atom. The number of fused-ring (bicyclic) bond motifs is 2. The summed E-state index contributed by atoms with van der Waals surface area (Å²) in [6.45, 7) is 0.878. The lowest BCUT2D eigenvalue weighted by atomic mass is 9.90. The molecule has 142 valence electrons. The first kappa shape index (κ1) is 16.5. The van der Waals surface area contributed by atoms with Gasteiger partial charge in [-0.25, -0.2) is 14.4 Å². The van der Waals surface area contributed by atoms with E-state index in [0.29, 0.717) is 5.78 Å². The molecule has 0 unspecified atom stereocenters. The molecule has 1 N–H and O–H groups in total. The molecule has 0 saturated heterocycles. The van der Waals surface area contributed by atoms with Crippen LogP contribution in [0.4, 0.5) is 10.1 Å². The van der Waals surface area contributed by atoms with Crippen molar-refractivity contribution in [2.24, 2.45) is 0 Å². The fraction of sp³-hybridized carbons (Fsp3) is 0.167. The Morgan fingerprint density at radius 2 is 1.79 bits per heavy atom. The number of hydrogen-bond donors (Lipinski definition) is 1. The normalized spacial score (nSPS) is 16.4. The van der Waals surface area contributed by atoms with Gasteiger partial charge in [-0.2, -0.15) is 0 Å². The first-order valence-electron chi connectivity index (χ1n) is 9.87. The molecule has 1 aliphatic carbocycles. The molecule has 1 fully saturated rings. The zero-order chi connectivity index (χ0) is 19.4. The van der Waals surface area contributed by atoms with E-state index in [1.807, 2.05) is 6.20 Å². The summed E-state index contributed by atoms with van der Waals surface area (Å²) in [4.78, 5) is 9.10. The van der Waals surface area contributed by atoms with Gasteiger partial charge in [0.15, 0.2) is 0 Å². The van der Waals surface area contributed by atoms with Crippen molar-refractivity contribution >= 4 is 17.5 Å². The number of halogens is 1. The van der Waals surface area contributed by atoms with E-state index in [2.05, 4.69) is 56.2 Å². The molecule has 2 aliphatic rings. The van der Waals surface area contributed by atoms with Crippen LogP contribution in [0.15, 0.2) is 67.1 Å². The molecule has 4 nitrogen and oxygen atoms in total. The van der Waals surface area contributed by atoms with E-state index < -0.39 is 0 Å². The summed E-state index contributed by atoms with van der Waals surface area (Å²) in [6, 6.07) is 13.2. The van der Waals surface area contributed by atoms with Gasteiger partial charge in [0.25, 0.3) is 0 Å². The molecule has 0 bridgehead atoms. The van der Waals surface area contributed by atoms with E-state index >= 15 is 0 Å². The van der Waals surface area contributed by atoms with Crippen LogP contribution < -0.4 is 5.32 Å². The fourth-order valence-electron chi connectivity index (χ4n) is 4.35. The highest BCUT2D eigenvalue weighted by atomic mass is 19.1. The first-order chi connectivity index (χ1) is 14.2. The third-order valence-electron chi connectivity index (χ3n) is 6.09. The molecule has 2 aromatic carbocycles. The van der Waals surface area contributed by atoms with Crippen LogP contribution >= 0.6 is 0 Å². The number of anilines is 1. The van der Waals surface area contributed by atoms with E-state index in [1.165, 1.54) is 28.9 Å². The fourth-order valence-corrected chi connectivity index (χ4v) is 4.35. The van der Waals surface area contributed by atoms with Gasteiger partial charge in [-0.15, -0.1) is 0 Å². The van der Waals surface area contributed by atoms with E-state index in [4.69, 9.17) is 0 Å². The van der Waals surface area contributed by atoms with Gasteiger partial charge in [0.05, 0.1) is 11.9 Å². The van der Waals surface area contributed by atoms with Crippen molar-refractivity contribution in [3.8, 4) is 11.1 Å². The van der Waals surface area contributed by atoms with Gasteiger partial charge in [-0.05, 0) is 53.8 Å². The molecule has 29 heavy (non-hydrogen) atoms. The summed E-state index contributed by atoms with van der Waals surface area (Å²) in [6.07, 6.45) is 12.4. The summed E-state index contributed by atoms with van der Waals surface area (Å²) in [7, 11) is 0. The van der Waals surface area contributed by atoms with Crippen molar-refractivity contribution in [3.05, 3.63) is 89.8 Å². The minimum absolute atomic E-state index is 0.0250.